The van der Waals surface area contributed by atoms with Crippen LogP contribution in [0, 0.1) is 12.8 Å². The van der Waals surface area contributed by atoms with Crippen molar-refractivity contribution in [1.29, 1.82) is 0 Å². The van der Waals surface area contributed by atoms with Crippen LogP contribution in [0.5, 0.6) is 0 Å². The monoisotopic (exact) mass is 254 g/mol. The van der Waals surface area contributed by atoms with Gasteiger partial charge in [0.05, 0.1) is 11.2 Å². The van der Waals surface area contributed by atoms with Gasteiger partial charge in [-0.05, 0) is 32.1 Å². The second-order valence-corrected chi connectivity index (χ2v) is 6.31. The van der Waals surface area contributed by atoms with Gasteiger partial charge in [0.1, 0.15) is 5.01 Å². The van der Waals surface area contributed by atoms with Gasteiger partial charge in [0.25, 0.3) is 0 Å². The van der Waals surface area contributed by atoms with E-state index in [1.165, 1.54) is 17.0 Å². The van der Waals surface area contributed by atoms with E-state index in [2.05, 4.69) is 34.6 Å². The standard InChI is InChI=1S/C14H26N2S/c1-6-10(4)9-14(15,8-3)13-16-12(7-2)11(5)17-13/h10H,6-9,15H2,1-5H3. The van der Waals surface area contributed by atoms with Crippen LogP contribution in [-0.4, -0.2) is 4.98 Å². The smallest absolute Gasteiger partial charge is 0.113 e. The van der Waals surface area contributed by atoms with Gasteiger partial charge >= 0.3 is 0 Å². The summed E-state index contributed by atoms with van der Waals surface area (Å²) in [7, 11) is 0. The minimum absolute atomic E-state index is 0.224. The molecular formula is C14H26N2S. The van der Waals surface area contributed by atoms with E-state index in [1.807, 2.05) is 0 Å². The highest BCUT2D eigenvalue weighted by atomic mass is 32.1. The topological polar surface area (TPSA) is 38.9 Å². The lowest BCUT2D eigenvalue weighted by atomic mass is 9.86. The fourth-order valence-electron chi connectivity index (χ4n) is 2.12. The summed E-state index contributed by atoms with van der Waals surface area (Å²) in [6.45, 7) is 11.0. The van der Waals surface area contributed by atoms with Gasteiger partial charge in [-0.15, -0.1) is 11.3 Å². The van der Waals surface area contributed by atoms with Gasteiger partial charge in [0.15, 0.2) is 0 Å². The van der Waals surface area contributed by atoms with Gasteiger partial charge in [-0.1, -0.05) is 34.1 Å². The van der Waals surface area contributed by atoms with E-state index in [-0.39, 0.29) is 5.54 Å². The molecule has 17 heavy (non-hydrogen) atoms. The van der Waals surface area contributed by atoms with E-state index in [9.17, 15) is 0 Å². The largest absolute Gasteiger partial charge is 0.319 e. The van der Waals surface area contributed by atoms with Crippen LogP contribution in [0.2, 0.25) is 0 Å². The molecule has 98 valence electrons. The molecule has 3 heteroatoms. The van der Waals surface area contributed by atoms with Gasteiger partial charge in [0.2, 0.25) is 0 Å². The SMILES string of the molecule is CCc1nc(C(N)(CC)CC(C)CC)sc1C. The van der Waals surface area contributed by atoms with E-state index in [0.717, 1.165) is 24.3 Å². The van der Waals surface area contributed by atoms with Gasteiger partial charge in [-0.25, -0.2) is 4.98 Å². The first-order valence-electron chi connectivity index (χ1n) is 6.72. The van der Waals surface area contributed by atoms with E-state index in [0.29, 0.717) is 5.92 Å². The van der Waals surface area contributed by atoms with Gasteiger partial charge < -0.3 is 5.73 Å². The second kappa shape index (κ2) is 5.96. The quantitative estimate of drug-likeness (QED) is 0.833. The fraction of sp³-hybridized carbons (Fsp3) is 0.786. The zero-order valence-electron chi connectivity index (χ0n) is 11.8. The fourth-order valence-corrected chi connectivity index (χ4v) is 3.30. The van der Waals surface area contributed by atoms with E-state index in [1.54, 1.807) is 11.3 Å². The molecule has 2 unspecified atom stereocenters. The molecule has 0 radical (unpaired) electrons. The summed E-state index contributed by atoms with van der Waals surface area (Å²) in [4.78, 5) is 6.08. The summed E-state index contributed by atoms with van der Waals surface area (Å²) in [5.41, 5.74) is 7.58. The molecule has 0 amide bonds. The van der Waals surface area contributed by atoms with Crippen LogP contribution in [-0.2, 0) is 12.0 Å². The third kappa shape index (κ3) is 3.29. The van der Waals surface area contributed by atoms with Gasteiger partial charge in [-0.2, -0.15) is 0 Å². The summed E-state index contributed by atoms with van der Waals surface area (Å²) >= 11 is 1.79. The van der Waals surface area contributed by atoms with Crippen molar-refractivity contribution < 1.29 is 0 Å². The number of aromatic nitrogens is 1. The van der Waals surface area contributed by atoms with Crippen LogP contribution >= 0.6 is 11.3 Å². The lowest BCUT2D eigenvalue weighted by Crippen LogP contribution is -2.37. The molecular weight excluding hydrogens is 228 g/mol. The minimum atomic E-state index is -0.224. The maximum Gasteiger partial charge on any atom is 0.113 e. The zero-order chi connectivity index (χ0) is 13.1. The Hall–Kier alpha value is -0.410. The van der Waals surface area contributed by atoms with E-state index in [4.69, 9.17) is 10.7 Å². The third-order valence-electron chi connectivity index (χ3n) is 3.69. The summed E-state index contributed by atoms with van der Waals surface area (Å²) in [5, 5.41) is 1.13. The molecule has 0 bridgehead atoms. The predicted molar refractivity (Wildman–Crippen MR) is 76.5 cm³/mol. The minimum Gasteiger partial charge on any atom is -0.319 e. The molecule has 0 aliphatic carbocycles. The zero-order valence-corrected chi connectivity index (χ0v) is 12.7. The van der Waals surface area contributed by atoms with Crippen LogP contribution in [0.3, 0.4) is 0 Å². The van der Waals surface area contributed by atoms with Gasteiger partial charge in [0, 0.05) is 4.88 Å². The molecule has 2 nitrogen and oxygen atoms in total. The molecule has 0 saturated carbocycles. The highest BCUT2D eigenvalue weighted by molar-refractivity contribution is 7.11. The average Bonchev–Trinajstić information content (AvgIpc) is 2.70. The number of nitrogens with two attached hydrogens (primary N) is 1. The van der Waals surface area contributed by atoms with Crippen LogP contribution in [0.1, 0.15) is 62.5 Å². The number of rotatable bonds is 6. The van der Waals surface area contributed by atoms with Crippen molar-refractivity contribution in [2.75, 3.05) is 0 Å². The Morgan fingerprint density at radius 1 is 1.35 bits per heavy atom. The van der Waals surface area contributed by atoms with Crippen LogP contribution in [0.4, 0.5) is 0 Å². The lowest BCUT2D eigenvalue weighted by Gasteiger charge is -2.28. The molecule has 0 aliphatic rings. The predicted octanol–water partition coefficient (Wildman–Crippen LogP) is 4.01. The number of aryl methyl sites for hydroxylation is 2. The first kappa shape index (κ1) is 14.7. The Balaban J connectivity index is 2.98. The first-order chi connectivity index (χ1) is 7.96. The van der Waals surface area contributed by atoms with Crippen molar-refractivity contribution >= 4 is 11.3 Å². The molecule has 0 saturated heterocycles. The summed E-state index contributed by atoms with van der Waals surface area (Å²) in [5.74, 6) is 0.661. The highest BCUT2D eigenvalue weighted by Gasteiger charge is 2.30. The first-order valence-corrected chi connectivity index (χ1v) is 7.54. The average molecular weight is 254 g/mol. The second-order valence-electron chi connectivity index (χ2n) is 5.10. The van der Waals surface area contributed by atoms with Crippen molar-refractivity contribution in [2.45, 2.75) is 65.8 Å². The number of thiazole rings is 1. The molecule has 1 aromatic rings. The molecule has 2 N–H and O–H groups in total. The van der Waals surface area contributed by atoms with E-state index >= 15 is 0 Å². The maximum atomic E-state index is 6.58. The Bertz CT molecular complexity index is 359. The van der Waals surface area contributed by atoms with Crippen molar-refractivity contribution in [3.05, 3.63) is 15.6 Å². The Labute approximate surface area is 110 Å². The van der Waals surface area contributed by atoms with Gasteiger partial charge in [-0.3, -0.25) is 0 Å². The number of hydrogen-bond donors (Lipinski definition) is 1. The Kier molecular flexibility index (Phi) is 5.14. The number of hydrogen-bond acceptors (Lipinski definition) is 3. The van der Waals surface area contributed by atoms with Crippen molar-refractivity contribution in [1.82, 2.24) is 4.98 Å². The molecule has 0 aromatic carbocycles. The molecule has 1 heterocycles. The van der Waals surface area contributed by atoms with Crippen molar-refractivity contribution in [3.8, 4) is 0 Å². The molecule has 0 spiro atoms. The van der Waals surface area contributed by atoms with Crippen LogP contribution < -0.4 is 5.73 Å². The number of nitrogens with zero attached hydrogens (tertiary/aromatic N) is 1. The molecule has 2 atom stereocenters. The van der Waals surface area contributed by atoms with Crippen LogP contribution in [0.15, 0.2) is 0 Å². The lowest BCUT2D eigenvalue weighted by molar-refractivity contribution is 0.318. The van der Waals surface area contributed by atoms with Crippen molar-refractivity contribution in [3.63, 3.8) is 0 Å². The summed E-state index contributed by atoms with van der Waals surface area (Å²) < 4.78 is 0. The maximum absolute atomic E-state index is 6.58. The summed E-state index contributed by atoms with van der Waals surface area (Å²) in [6.07, 6.45) is 4.19. The third-order valence-corrected chi connectivity index (χ3v) is 4.93. The molecule has 1 rings (SSSR count). The Morgan fingerprint density at radius 3 is 2.41 bits per heavy atom. The molecule has 1 aromatic heterocycles. The molecule has 0 fully saturated rings. The van der Waals surface area contributed by atoms with Crippen LogP contribution in [0.25, 0.3) is 0 Å². The Morgan fingerprint density at radius 2 is 2.00 bits per heavy atom. The summed E-state index contributed by atoms with van der Waals surface area (Å²) in [6, 6.07) is 0. The molecule has 0 aliphatic heterocycles. The normalized spacial score (nSPS) is 16.8. The van der Waals surface area contributed by atoms with E-state index < -0.39 is 0 Å². The van der Waals surface area contributed by atoms with Crippen molar-refractivity contribution in [2.24, 2.45) is 11.7 Å². The highest BCUT2D eigenvalue weighted by Crippen LogP contribution is 2.34.